The average molecular weight is 358 g/mol. The Labute approximate surface area is 128 Å². The van der Waals surface area contributed by atoms with Crippen molar-refractivity contribution < 1.29 is 13.5 Å². The molecule has 0 spiro atoms. The normalized spacial score (nSPS) is 10.4. The molecule has 0 saturated carbocycles. The quantitative estimate of drug-likeness (QED) is 0.650. The maximum Gasteiger partial charge on any atom is 0.201 e. The summed E-state index contributed by atoms with van der Waals surface area (Å²) in [5, 5.41) is 0. The molecule has 0 amide bonds. The third-order valence-electron chi connectivity index (χ3n) is 2.58. The lowest BCUT2D eigenvalue weighted by Gasteiger charge is -2.12. The molecule has 0 aliphatic rings. The fourth-order valence-electron chi connectivity index (χ4n) is 1.65. The van der Waals surface area contributed by atoms with Gasteiger partial charge in [0.05, 0.1) is 5.56 Å². The molecule has 0 aliphatic carbocycles. The van der Waals surface area contributed by atoms with Crippen LogP contribution in [0.5, 0.6) is 11.5 Å². The van der Waals surface area contributed by atoms with E-state index in [-0.39, 0.29) is 16.5 Å². The lowest BCUT2D eigenvalue weighted by molar-refractivity contribution is 0.415. The van der Waals surface area contributed by atoms with Crippen LogP contribution in [0, 0.1) is 18.6 Å². The van der Waals surface area contributed by atoms with Gasteiger partial charge in [0.25, 0.3) is 0 Å². The number of thiocarbonyl (C=S) groups is 1. The molecule has 0 atom stereocenters. The molecule has 0 unspecified atom stereocenters. The summed E-state index contributed by atoms with van der Waals surface area (Å²) in [5.74, 6) is -2.03. The largest absolute Gasteiger partial charge is 0.453 e. The highest BCUT2D eigenvalue weighted by molar-refractivity contribution is 9.10. The predicted octanol–water partition coefficient (Wildman–Crippen LogP) is 4.46. The van der Waals surface area contributed by atoms with Gasteiger partial charge >= 0.3 is 0 Å². The van der Waals surface area contributed by atoms with Crippen molar-refractivity contribution in [2.24, 2.45) is 5.73 Å². The SMILES string of the molecule is Cc1ccc(Oc2cc(Br)cc(F)c2F)c(C(N)=S)c1. The van der Waals surface area contributed by atoms with Crippen molar-refractivity contribution in [2.45, 2.75) is 6.92 Å². The van der Waals surface area contributed by atoms with Crippen LogP contribution in [-0.4, -0.2) is 4.99 Å². The molecule has 0 saturated heterocycles. The molecular formula is C14H10BrF2NOS. The van der Waals surface area contributed by atoms with E-state index >= 15 is 0 Å². The first-order chi connectivity index (χ1) is 9.38. The van der Waals surface area contributed by atoms with Gasteiger partial charge in [-0.3, -0.25) is 0 Å². The van der Waals surface area contributed by atoms with Crippen molar-refractivity contribution in [1.29, 1.82) is 0 Å². The number of hydrogen-bond acceptors (Lipinski definition) is 2. The molecule has 0 heterocycles. The maximum atomic E-state index is 13.7. The van der Waals surface area contributed by atoms with Crippen molar-refractivity contribution in [1.82, 2.24) is 0 Å². The molecule has 6 heteroatoms. The Bertz CT molecular complexity index is 691. The van der Waals surface area contributed by atoms with E-state index in [0.717, 1.165) is 11.6 Å². The van der Waals surface area contributed by atoms with Crippen LogP contribution in [0.2, 0.25) is 0 Å². The van der Waals surface area contributed by atoms with Crippen LogP contribution < -0.4 is 10.5 Å². The van der Waals surface area contributed by atoms with E-state index in [1.54, 1.807) is 18.2 Å². The van der Waals surface area contributed by atoms with Gasteiger partial charge in [0.15, 0.2) is 11.6 Å². The molecule has 2 nitrogen and oxygen atoms in total. The number of halogens is 3. The third kappa shape index (κ3) is 3.13. The average Bonchev–Trinajstić information content (AvgIpc) is 2.37. The van der Waals surface area contributed by atoms with Crippen LogP contribution in [0.3, 0.4) is 0 Å². The molecule has 2 N–H and O–H groups in total. The lowest BCUT2D eigenvalue weighted by Crippen LogP contribution is -2.11. The second-order valence-corrected chi connectivity index (χ2v) is 5.52. The van der Waals surface area contributed by atoms with Crippen LogP contribution >= 0.6 is 28.1 Å². The van der Waals surface area contributed by atoms with Crippen molar-refractivity contribution >= 4 is 33.1 Å². The fraction of sp³-hybridized carbons (Fsp3) is 0.0714. The molecule has 0 aromatic heterocycles. The molecule has 104 valence electrons. The van der Waals surface area contributed by atoms with Gasteiger partial charge in [-0.2, -0.15) is 4.39 Å². The number of ether oxygens (including phenoxy) is 1. The van der Waals surface area contributed by atoms with Crippen LogP contribution in [0.25, 0.3) is 0 Å². The van der Waals surface area contributed by atoms with Gasteiger partial charge in [0.2, 0.25) is 5.82 Å². The highest BCUT2D eigenvalue weighted by Gasteiger charge is 2.15. The number of rotatable bonds is 3. The molecule has 0 bridgehead atoms. The Morgan fingerprint density at radius 1 is 1.20 bits per heavy atom. The minimum absolute atomic E-state index is 0.125. The van der Waals surface area contributed by atoms with Gasteiger partial charge in [-0.1, -0.05) is 39.8 Å². The highest BCUT2D eigenvalue weighted by atomic mass is 79.9. The zero-order chi connectivity index (χ0) is 14.9. The van der Waals surface area contributed by atoms with Crippen LogP contribution in [-0.2, 0) is 0 Å². The number of nitrogens with two attached hydrogens (primary N) is 1. The van der Waals surface area contributed by atoms with Crippen LogP contribution in [0.15, 0.2) is 34.8 Å². The monoisotopic (exact) mass is 357 g/mol. The van der Waals surface area contributed by atoms with Gasteiger partial charge in [-0.05, 0) is 31.2 Å². The van der Waals surface area contributed by atoms with E-state index < -0.39 is 11.6 Å². The zero-order valence-electron chi connectivity index (χ0n) is 10.4. The van der Waals surface area contributed by atoms with Gasteiger partial charge in [-0.15, -0.1) is 0 Å². The Morgan fingerprint density at radius 3 is 2.55 bits per heavy atom. The Balaban J connectivity index is 2.48. The standard InChI is InChI=1S/C14H10BrF2NOS/c1-7-2-3-11(9(4-7)14(18)20)19-12-6-8(15)5-10(16)13(12)17/h2-6H,1H3,(H2,18,20). The van der Waals surface area contributed by atoms with E-state index in [9.17, 15) is 8.78 Å². The van der Waals surface area contributed by atoms with Crippen LogP contribution in [0.1, 0.15) is 11.1 Å². The van der Waals surface area contributed by atoms with E-state index in [0.29, 0.717) is 10.0 Å². The Hall–Kier alpha value is -1.53. The number of hydrogen-bond donors (Lipinski definition) is 1. The van der Waals surface area contributed by atoms with E-state index in [1.807, 2.05) is 6.92 Å². The lowest BCUT2D eigenvalue weighted by atomic mass is 10.1. The Kier molecular flexibility index (Phi) is 4.35. The first kappa shape index (κ1) is 14.9. The van der Waals surface area contributed by atoms with E-state index in [2.05, 4.69) is 15.9 Å². The van der Waals surface area contributed by atoms with Crippen molar-refractivity contribution in [3.8, 4) is 11.5 Å². The summed E-state index contributed by atoms with van der Waals surface area (Å²) < 4.78 is 32.8. The number of benzene rings is 2. The van der Waals surface area contributed by atoms with E-state index in [1.165, 1.54) is 6.07 Å². The van der Waals surface area contributed by atoms with Gasteiger partial charge < -0.3 is 10.5 Å². The van der Waals surface area contributed by atoms with Crippen molar-refractivity contribution in [3.63, 3.8) is 0 Å². The predicted molar refractivity (Wildman–Crippen MR) is 81.2 cm³/mol. The summed E-state index contributed by atoms with van der Waals surface area (Å²) in [5.41, 5.74) is 7.01. The van der Waals surface area contributed by atoms with Crippen molar-refractivity contribution in [2.75, 3.05) is 0 Å². The summed E-state index contributed by atoms with van der Waals surface area (Å²) in [6, 6.07) is 7.46. The minimum Gasteiger partial charge on any atom is -0.453 e. The minimum atomic E-state index is -1.07. The molecule has 20 heavy (non-hydrogen) atoms. The molecule has 0 radical (unpaired) electrons. The molecule has 2 rings (SSSR count). The molecule has 0 fully saturated rings. The summed E-state index contributed by atoms with van der Waals surface area (Å²) >= 11 is 8.01. The number of aryl methyl sites for hydroxylation is 1. The van der Waals surface area contributed by atoms with Crippen molar-refractivity contribution in [3.05, 3.63) is 57.6 Å². The molecule has 2 aromatic rings. The third-order valence-corrected chi connectivity index (χ3v) is 3.26. The highest BCUT2D eigenvalue weighted by Crippen LogP contribution is 2.31. The summed E-state index contributed by atoms with van der Waals surface area (Å²) in [6.07, 6.45) is 0. The maximum absolute atomic E-state index is 13.7. The molecular weight excluding hydrogens is 348 g/mol. The second-order valence-electron chi connectivity index (χ2n) is 4.17. The summed E-state index contributed by atoms with van der Waals surface area (Å²) in [7, 11) is 0. The van der Waals surface area contributed by atoms with Gasteiger partial charge in [0.1, 0.15) is 10.7 Å². The van der Waals surface area contributed by atoms with Gasteiger partial charge in [-0.25, -0.2) is 4.39 Å². The smallest absolute Gasteiger partial charge is 0.201 e. The first-order valence-electron chi connectivity index (χ1n) is 5.61. The molecule has 2 aromatic carbocycles. The Morgan fingerprint density at radius 2 is 1.90 bits per heavy atom. The fourth-order valence-corrected chi connectivity index (χ4v) is 2.22. The summed E-state index contributed by atoms with van der Waals surface area (Å²) in [6.45, 7) is 1.87. The molecule has 0 aliphatic heterocycles. The summed E-state index contributed by atoms with van der Waals surface area (Å²) in [4.78, 5) is 0.125. The van der Waals surface area contributed by atoms with E-state index in [4.69, 9.17) is 22.7 Å². The topological polar surface area (TPSA) is 35.2 Å². The zero-order valence-corrected chi connectivity index (χ0v) is 12.8. The first-order valence-corrected chi connectivity index (χ1v) is 6.81. The second kappa shape index (κ2) is 5.85. The van der Waals surface area contributed by atoms with Crippen LogP contribution in [0.4, 0.5) is 8.78 Å². The van der Waals surface area contributed by atoms with Gasteiger partial charge in [0, 0.05) is 4.47 Å².